The second-order valence-electron chi connectivity index (χ2n) is 4.57. The van der Waals surface area contributed by atoms with Crippen LogP contribution in [0.1, 0.15) is 19.4 Å². The first-order chi connectivity index (χ1) is 9.05. The highest BCUT2D eigenvalue weighted by molar-refractivity contribution is 5.86. The maximum absolute atomic E-state index is 12.0. The van der Waals surface area contributed by atoms with Gasteiger partial charge in [0.2, 0.25) is 5.91 Å². The molecule has 0 heterocycles. The monoisotopic (exact) mass is 261 g/mol. The van der Waals surface area contributed by atoms with E-state index in [0.717, 1.165) is 5.56 Å². The van der Waals surface area contributed by atoms with Crippen molar-refractivity contribution in [2.45, 2.75) is 19.4 Å². The van der Waals surface area contributed by atoms with E-state index in [0.29, 0.717) is 6.54 Å². The number of hydrogen-bond acceptors (Lipinski definition) is 3. The molecular formula is C13H19N5O. The molecule has 6 nitrogen and oxygen atoms in total. The fraction of sp³-hybridized carbons (Fsp3) is 0.462. The molecule has 3 N–H and O–H groups in total. The number of primary amides is 1. The van der Waals surface area contributed by atoms with Crippen LogP contribution in [0, 0.1) is 5.92 Å². The standard InChI is InChI=1S/C13H19N5O/c1-10(2)13(12(14)19,16-8-9-17-18-15)11-6-4-3-5-7-11/h3-7,10,16H,8-9H2,1-2H3,(H2,14,19). The molecular weight excluding hydrogens is 242 g/mol. The van der Waals surface area contributed by atoms with Gasteiger partial charge < -0.3 is 5.73 Å². The van der Waals surface area contributed by atoms with E-state index >= 15 is 0 Å². The van der Waals surface area contributed by atoms with E-state index < -0.39 is 11.4 Å². The Labute approximate surface area is 112 Å². The van der Waals surface area contributed by atoms with E-state index in [1.54, 1.807) is 0 Å². The van der Waals surface area contributed by atoms with Gasteiger partial charge in [-0.1, -0.05) is 49.3 Å². The summed E-state index contributed by atoms with van der Waals surface area (Å²) in [7, 11) is 0. The van der Waals surface area contributed by atoms with Gasteiger partial charge in [0.15, 0.2) is 0 Å². The van der Waals surface area contributed by atoms with Crippen molar-refractivity contribution in [2.24, 2.45) is 16.8 Å². The van der Waals surface area contributed by atoms with E-state index in [4.69, 9.17) is 11.3 Å². The van der Waals surface area contributed by atoms with Gasteiger partial charge in [0.05, 0.1) is 0 Å². The van der Waals surface area contributed by atoms with Crippen molar-refractivity contribution >= 4 is 5.91 Å². The van der Waals surface area contributed by atoms with Gasteiger partial charge in [-0.05, 0) is 17.0 Å². The normalized spacial score (nSPS) is 13.6. The van der Waals surface area contributed by atoms with Crippen molar-refractivity contribution in [3.05, 3.63) is 46.3 Å². The van der Waals surface area contributed by atoms with E-state index in [1.807, 2.05) is 44.2 Å². The van der Waals surface area contributed by atoms with Gasteiger partial charge in [-0.2, -0.15) is 0 Å². The Bertz CT molecular complexity index is 467. The second kappa shape index (κ2) is 6.78. The van der Waals surface area contributed by atoms with Crippen LogP contribution in [0.15, 0.2) is 35.4 Å². The van der Waals surface area contributed by atoms with Gasteiger partial charge in [0.1, 0.15) is 5.54 Å². The fourth-order valence-corrected chi connectivity index (χ4v) is 2.20. The Balaban J connectivity index is 3.08. The molecule has 0 fully saturated rings. The van der Waals surface area contributed by atoms with Gasteiger partial charge in [-0.15, -0.1) is 0 Å². The summed E-state index contributed by atoms with van der Waals surface area (Å²) in [4.78, 5) is 14.7. The van der Waals surface area contributed by atoms with Crippen molar-refractivity contribution < 1.29 is 4.79 Å². The van der Waals surface area contributed by atoms with Crippen LogP contribution >= 0.6 is 0 Å². The Morgan fingerprint density at radius 3 is 2.58 bits per heavy atom. The largest absolute Gasteiger partial charge is 0.368 e. The Hall–Kier alpha value is -2.04. The molecule has 0 aliphatic heterocycles. The molecule has 0 bridgehead atoms. The van der Waals surface area contributed by atoms with Gasteiger partial charge in [0.25, 0.3) is 0 Å². The first kappa shape index (κ1) is 15.0. The third-order valence-corrected chi connectivity index (χ3v) is 3.16. The lowest BCUT2D eigenvalue weighted by Crippen LogP contribution is -2.56. The molecule has 0 aromatic heterocycles. The zero-order valence-corrected chi connectivity index (χ0v) is 11.2. The van der Waals surface area contributed by atoms with E-state index in [2.05, 4.69) is 15.3 Å². The molecule has 0 radical (unpaired) electrons. The summed E-state index contributed by atoms with van der Waals surface area (Å²) >= 11 is 0. The molecule has 19 heavy (non-hydrogen) atoms. The predicted molar refractivity (Wildman–Crippen MR) is 74.2 cm³/mol. The number of benzene rings is 1. The molecule has 1 aromatic carbocycles. The van der Waals surface area contributed by atoms with Crippen molar-refractivity contribution in [1.82, 2.24) is 5.32 Å². The van der Waals surface area contributed by atoms with Gasteiger partial charge >= 0.3 is 0 Å². The molecule has 0 spiro atoms. The highest BCUT2D eigenvalue weighted by Crippen LogP contribution is 2.29. The Morgan fingerprint density at radius 1 is 1.47 bits per heavy atom. The number of rotatable bonds is 7. The average Bonchev–Trinajstić information content (AvgIpc) is 2.39. The van der Waals surface area contributed by atoms with E-state index in [1.165, 1.54) is 0 Å². The Kier molecular flexibility index (Phi) is 5.36. The summed E-state index contributed by atoms with van der Waals surface area (Å²) in [5.74, 6) is -0.465. The number of nitrogens with zero attached hydrogens (tertiary/aromatic N) is 3. The predicted octanol–water partition coefficient (Wildman–Crippen LogP) is 1.92. The number of amides is 1. The van der Waals surface area contributed by atoms with Gasteiger partial charge in [-0.3, -0.25) is 10.1 Å². The molecule has 6 heteroatoms. The average molecular weight is 261 g/mol. The first-order valence-electron chi connectivity index (χ1n) is 6.17. The zero-order chi connectivity index (χ0) is 14.3. The van der Waals surface area contributed by atoms with Crippen molar-refractivity contribution in [3.63, 3.8) is 0 Å². The third-order valence-electron chi connectivity index (χ3n) is 3.16. The minimum atomic E-state index is -0.952. The number of nitrogens with one attached hydrogen (secondary N) is 1. The van der Waals surface area contributed by atoms with Crippen LogP contribution in [-0.2, 0) is 10.3 Å². The molecule has 1 aromatic rings. The Morgan fingerprint density at radius 2 is 2.11 bits per heavy atom. The molecule has 1 amide bonds. The maximum Gasteiger partial charge on any atom is 0.242 e. The molecule has 1 rings (SSSR count). The van der Waals surface area contributed by atoms with Crippen LogP contribution in [0.5, 0.6) is 0 Å². The number of carbonyl (C=O) groups excluding carboxylic acids is 1. The van der Waals surface area contributed by atoms with Crippen molar-refractivity contribution in [3.8, 4) is 0 Å². The highest BCUT2D eigenvalue weighted by atomic mass is 16.1. The minimum Gasteiger partial charge on any atom is -0.368 e. The summed E-state index contributed by atoms with van der Waals surface area (Å²) in [6.45, 7) is 4.52. The zero-order valence-electron chi connectivity index (χ0n) is 11.2. The molecule has 0 aliphatic carbocycles. The van der Waals surface area contributed by atoms with Crippen LogP contribution < -0.4 is 11.1 Å². The van der Waals surface area contributed by atoms with E-state index in [9.17, 15) is 4.79 Å². The SMILES string of the molecule is CC(C)C(NCCN=[N+]=[N-])(C(N)=O)c1ccccc1. The van der Waals surface area contributed by atoms with Gasteiger partial charge in [0, 0.05) is 18.0 Å². The highest BCUT2D eigenvalue weighted by Gasteiger charge is 2.40. The maximum atomic E-state index is 12.0. The number of azide groups is 1. The number of nitrogens with two attached hydrogens (primary N) is 1. The number of hydrogen-bond donors (Lipinski definition) is 2. The second-order valence-corrected chi connectivity index (χ2v) is 4.57. The number of carbonyl (C=O) groups is 1. The quantitative estimate of drug-likeness (QED) is 0.339. The van der Waals surface area contributed by atoms with Gasteiger partial charge in [-0.25, -0.2) is 0 Å². The van der Waals surface area contributed by atoms with Crippen LogP contribution in [0.4, 0.5) is 0 Å². The molecule has 1 unspecified atom stereocenters. The summed E-state index contributed by atoms with van der Waals surface area (Å²) in [5.41, 5.74) is 13.8. The smallest absolute Gasteiger partial charge is 0.242 e. The molecule has 0 saturated heterocycles. The van der Waals surface area contributed by atoms with Crippen molar-refractivity contribution in [1.29, 1.82) is 0 Å². The molecule has 102 valence electrons. The topological polar surface area (TPSA) is 104 Å². The fourth-order valence-electron chi connectivity index (χ4n) is 2.20. The molecule has 1 atom stereocenters. The third kappa shape index (κ3) is 3.24. The minimum absolute atomic E-state index is 0.0292. The lowest BCUT2D eigenvalue weighted by Gasteiger charge is -2.36. The van der Waals surface area contributed by atoms with E-state index in [-0.39, 0.29) is 12.5 Å². The van der Waals surface area contributed by atoms with Crippen LogP contribution in [0.3, 0.4) is 0 Å². The van der Waals surface area contributed by atoms with Crippen molar-refractivity contribution in [2.75, 3.05) is 13.1 Å². The van der Waals surface area contributed by atoms with Crippen LogP contribution in [-0.4, -0.2) is 19.0 Å². The first-order valence-corrected chi connectivity index (χ1v) is 6.17. The summed E-state index contributed by atoms with van der Waals surface area (Å²) < 4.78 is 0. The summed E-state index contributed by atoms with van der Waals surface area (Å²) in [6, 6.07) is 9.35. The lowest BCUT2D eigenvalue weighted by molar-refractivity contribution is -0.126. The lowest BCUT2D eigenvalue weighted by atomic mass is 9.79. The molecule has 0 aliphatic rings. The summed E-state index contributed by atoms with van der Waals surface area (Å²) in [5, 5.41) is 6.60. The van der Waals surface area contributed by atoms with Crippen LogP contribution in [0.2, 0.25) is 0 Å². The summed E-state index contributed by atoms with van der Waals surface area (Å²) in [6.07, 6.45) is 0. The van der Waals surface area contributed by atoms with Crippen LogP contribution in [0.25, 0.3) is 10.4 Å². The molecule has 0 saturated carbocycles.